The Kier molecular flexibility index (Phi) is 2.72. The number of anilines is 1. The van der Waals surface area contributed by atoms with Crippen LogP contribution in [0.4, 0.5) is 5.13 Å². The van der Waals surface area contributed by atoms with Crippen molar-refractivity contribution in [3.63, 3.8) is 0 Å². The van der Waals surface area contributed by atoms with Crippen molar-refractivity contribution in [2.45, 2.75) is 13.0 Å². The Balaban J connectivity index is 2.03. The molecule has 2 aromatic rings. The summed E-state index contributed by atoms with van der Waals surface area (Å²) in [7, 11) is 0. The highest BCUT2D eigenvalue weighted by Gasteiger charge is 2.15. The predicted molar refractivity (Wildman–Crippen MR) is 55.5 cm³/mol. The highest BCUT2D eigenvalue weighted by molar-refractivity contribution is 7.13. The van der Waals surface area contributed by atoms with Crippen LogP contribution in [0.5, 0.6) is 0 Å². The first-order chi connectivity index (χ1) is 7.27. The fourth-order valence-corrected chi connectivity index (χ4v) is 1.56. The van der Waals surface area contributed by atoms with Crippen molar-refractivity contribution in [1.82, 2.24) is 19.7 Å². The van der Waals surface area contributed by atoms with Crippen molar-refractivity contribution in [1.29, 1.82) is 0 Å². The molecule has 1 atom stereocenters. The van der Waals surface area contributed by atoms with E-state index in [0.717, 1.165) is 0 Å². The average molecular weight is 223 g/mol. The molecular weight excluding hydrogens is 214 g/mol. The van der Waals surface area contributed by atoms with Crippen molar-refractivity contribution in [2.75, 3.05) is 5.32 Å². The van der Waals surface area contributed by atoms with Crippen LogP contribution in [0.15, 0.2) is 24.2 Å². The molecular formula is C8H9N5OS. The number of rotatable bonds is 3. The van der Waals surface area contributed by atoms with Gasteiger partial charge in [0, 0.05) is 11.6 Å². The molecule has 0 aromatic carbocycles. The van der Waals surface area contributed by atoms with Crippen molar-refractivity contribution in [2.24, 2.45) is 0 Å². The van der Waals surface area contributed by atoms with Crippen LogP contribution in [-0.4, -0.2) is 25.7 Å². The van der Waals surface area contributed by atoms with Gasteiger partial charge in [-0.15, -0.1) is 11.3 Å². The number of carbonyl (C=O) groups is 1. The normalized spacial score (nSPS) is 12.3. The van der Waals surface area contributed by atoms with Crippen LogP contribution in [0.3, 0.4) is 0 Å². The fraction of sp³-hybridized carbons (Fsp3) is 0.250. The van der Waals surface area contributed by atoms with E-state index >= 15 is 0 Å². The van der Waals surface area contributed by atoms with Crippen LogP contribution >= 0.6 is 11.3 Å². The number of nitrogens with zero attached hydrogens (tertiary/aromatic N) is 4. The molecule has 1 amide bonds. The summed E-state index contributed by atoms with van der Waals surface area (Å²) in [6.07, 6.45) is 4.54. The second kappa shape index (κ2) is 4.18. The fourth-order valence-electron chi connectivity index (χ4n) is 1.03. The van der Waals surface area contributed by atoms with Gasteiger partial charge in [-0.2, -0.15) is 5.10 Å². The lowest BCUT2D eigenvalue weighted by molar-refractivity contribution is -0.119. The van der Waals surface area contributed by atoms with Gasteiger partial charge in [0.15, 0.2) is 5.13 Å². The van der Waals surface area contributed by atoms with E-state index in [1.54, 1.807) is 18.5 Å². The monoisotopic (exact) mass is 223 g/mol. The van der Waals surface area contributed by atoms with E-state index < -0.39 is 6.04 Å². The first kappa shape index (κ1) is 9.78. The van der Waals surface area contributed by atoms with Gasteiger partial charge in [-0.3, -0.25) is 4.79 Å². The number of thiazole rings is 1. The van der Waals surface area contributed by atoms with E-state index in [-0.39, 0.29) is 5.91 Å². The molecule has 15 heavy (non-hydrogen) atoms. The summed E-state index contributed by atoms with van der Waals surface area (Å²) in [6, 6.07) is -0.392. The van der Waals surface area contributed by atoms with Crippen LogP contribution < -0.4 is 5.32 Å². The number of amides is 1. The Labute approximate surface area is 90.0 Å². The van der Waals surface area contributed by atoms with Gasteiger partial charge >= 0.3 is 0 Å². The highest BCUT2D eigenvalue weighted by atomic mass is 32.1. The van der Waals surface area contributed by atoms with E-state index in [1.165, 1.54) is 28.7 Å². The third-order valence-corrected chi connectivity index (χ3v) is 2.56. The molecule has 6 nitrogen and oxygen atoms in total. The van der Waals surface area contributed by atoms with Crippen molar-refractivity contribution >= 4 is 22.4 Å². The summed E-state index contributed by atoms with van der Waals surface area (Å²) >= 11 is 1.38. The third kappa shape index (κ3) is 2.18. The second-order valence-electron chi connectivity index (χ2n) is 2.88. The van der Waals surface area contributed by atoms with Gasteiger partial charge in [0.2, 0.25) is 0 Å². The third-order valence-electron chi connectivity index (χ3n) is 1.88. The Morgan fingerprint density at radius 1 is 1.67 bits per heavy atom. The molecule has 7 heteroatoms. The maximum atomic E-state index is 11.7. The molecule has 0 bridgehead atoms. The largest absolute Gasteiger partial charge is 0.300 e. The zero-order chi connectivity index (χ0) is 10.7. The van der Waals surface area contributed by atoms with Crippen LogP contribution in [0.2, 0.25) is 0 Å². The average Bonchev–Trinajstić information content (AvgIpc) is 2.88. The summed E-state index contributed by atoms with van der Waals surface area (Å²) in [5, 5.41) is 8.98. The Hall–Kier alpha value is -1.76. The van der Waals surface area contributed by atoms with E-state index in [9.17, 15) is 4.79 Å². The molecule has 0 unspecified atom stereocenters. The molecule has 0 aliphatic carbocycles. The first-order valence-corrected chi connectivity index (χ1v) is 5.20. The summed E-state index contributed by atoms with van der Waals surface area (Å²) in [5.74, 6) is -0.157. The van der Waals surface area contributed by atoms with Crippen molar-refractivity contribution in [3.8, 4) is 0 Å². The van der Waals surface area contributed by atoms with Crippen LogP contribution in [0, 0.1) is 0 Å². The molecule has 0 radical (unpaired) electrons. The zero-order valence-corrected chi connectivity index (χ0v) is 8.81. The number of nitrogens with one attached hydrogen (secondary N) is 1. The molecule has 0 aliphatic heterocycles. The molecule has 0 fully saturated rings. The molecule has 1 N–H and O–H groups in total. The van der Waals surface area contributed by atoms with Gasteiger partial charge in [0.05, 0.1) is 0 Å². The van der Waals surface area contributed by atoms with E-state index in [1.807, 2.05) is 0 Å². The molecule has 0 aliphatic rings. The Bertz CT molecular complexity index is 424. The number of hydrogen-bond acceptors (Lipinski definition) is 5. The maximum absolute atomic E-state index is 11.7. The number of carbonyl (C=O) groups excluding carboxylic acids is 1. The lowest BCUT2D eigenvalue weighted by atomic mass is 10.3. The molecule has 0 spiro atoms. The van der Waals surface area contributed by atoms with Gasteiger partial charge in [-0.25, -0.2) is 14.6 Å². The Morgan fingerprint density at radius 3 is 3.13 bits per heavy atom. The van der Waals surface area contributed by atoms with Crippen molar-refractivity contribution in [3.05, 3.63) is 24.2 Å². The van der Waals surface area contributed by atoms with Gasteiger partial charge in [0.1, 0.15) is 18.7 Å². The SMILES string of the molecule is C[C@H](C(=O)Nc1nccs1)n1cncn1. The summed E-state index contributed by atoms with van der Waals surface area (Å²) < 4.78 is 1.49. The number of hydrogen-bond donors (Lipinski definition) is 1. The number of aromatic nitrogens is 4. The van der Waals surface area contributed by atoms with Crippen molar-refractivity contribution < 1.29 is 4.79 Å². The quantitative estimate of drug-likeness (QED) is 0.840. The lowest BCUT2D eigenvalue weighted by Gasteiger charge is -2.09. The second-order valence-corrected chi connectivity index (χ2v) is 3.77. The van der Waals surface area contributed by atoms with Crippen LogP contribution in [0.1, 0.15) is 13.0 Å². The van der Waals surface area contributed by atoms with Crippen LogP contribution in [-0.2, 0) is 4.79 Å². The summed E-state index contributed by atoms with van der Waals surface area (Å²) in [6.45, 7) is 1.75. The van der Waals surface area contributed by atoms with Crippen LogP contribution in [0.25, 0.3) is 0 Å². The maximum Gasteiger partial charge on any atom is 0.250 e. The van der Waals surface area contributed by atoms with Gasteiger partial charge in [-0.1, -0.05) is 0 Å². The lowest BCUT2D eigenvalue weighted by Crippen LogP contribution is -2.23. The predicted octanol–water partition coefficient (Wildman–Crippen LogP) is 0.934. The van der Waals surface area contributed by atoms with Gasteiger partial charge in [0.25, 0.3) is 5.91 Å². The standard InChI is InChI=1S/C8H9N5OS/c1-6(13-5-9-4-11-13)7(14)12-8-10-2-3-15-8/h2-6H,1H3,(H,10,12,14)/t6-/m1/s1. The van der Waals surface area contributed by atoms with Gasteiger partial charge < -0.3 is 5.32 Å². The first-order valence-electron chi connectivity index (χ1n) is 4.32. The zero-order valence-electron chi connectivity index (χ0n) is 7.99. The summed E-state index contributed by atoms with van der Waals surface area (Å²) in [5.41, 5.74) is 0. The molecule has 2 heterocycles. The molecule has 2 aromatic heterocycles. The summed E-state index contributed by atoms with van der Waals surface area (Å²) in [4.78, 5) is 19.4. The highest BCUT2D eigenvalue weighted by Crippen LogP contribution is 2.13. The molecule has 78 valence electrons. The molecule has 2 rings (SSSR count). The molecule has 0 saturated carbocycles. The van der Waals surface area contributed by atoms with E-state index in [2.05, 4.69) is 20.4 Å². The molecule has 0 saturated heterocycles. The van der Waals surface area contributed by atoms with E-state index in [4.69, 9.17) is 0 Å². The van der Waals surface area contributed by atoms with Gasteiger partial charge in [-0.05, 0) is 6.92 Å². The smallest absolute Gasteiger partial charge is 0.250 e. The minimum atomic E-state index is -0.392. The Morgan fingerprint density at radius 2 is 2.53 bits per heavy atom. The van der Waals surface area contributed by atoms with E-state index in [0.29, 0.717) is 5.13 Å². The minimum Gasteiger partial charge on any atom is -0.300 e. The topological polar surface area (TPSA) is 72.7 Å². The minimum absolute atomic E-state index is 0.157.